The van der Waals surface area contributed by atoms with Crippen LogP contribution < -0.4 is 0 Å². The smallest absolute Gasteiger partial charge is 0.252 e. The molecule has 0 unspecified atom stereocenters. The third-order valence-corrected chi connectivity index (χ3v) is 7.10. The van der Waals surface area contributed by atoms with Gasteiger partial charge in [0.15, 0.2) is 5.78 Å². The molecular formula is C26H31ClFN3O3. The highest BCUT2D eigenvalue weighted by atomic mass is 35.5. The summed E-state index contributed by atoms with van der Waals surface area (Å²) in [5.41, 5.74) is 3.40. The van der Waals surface area contributed by atoms with Gasteiger partial charge in [0.05, 0.1) is 5.69 Å². The number of aryl methyl sites for hydroxylation is 1. The lowest BCUT2D eigenvalue weighted by Crippen LogP contribution is -2.55. The minimum atomic E-state index is -0.486. The van der Waals surface area contributed by atoms with E-state index in [1.807, 2.05) is 17.9 Å². The number of carbonyl (C=O) groups excluding carboxylic acids is 2. The molecule has 3 heterocycles. The average molecular weight is 488 g/mol. The highest BCUT2D eigenvalue weighted by Gasteiger charge is 2.34. The predicted octanol–water partition coefficient (Wildman–Crippen LogP) is 4.13. The lowest BCUT2D eigenvalue weighted by molar-refractivity contribution is -0.145. The second-order valence-corrected chi connectivity index (χ2v) is 9.79. The number of hydrogen-bond donors (Lipinski definition) is 0. The van der Waals surface area contributed by atoms with Gasteiger partial charge in [0, 0.05) is 62.0 Å². The molecule has 0 spiro atoms. The maximum atomic E-state index is 13.9. The number of aromatic nitrogens is 1. The molecule has 0 N–H and O–H groups in total. The number of pyridine rings is 1. The first-order valence-corrected chi connectivity index (χ1v) is 12.2. The van der Waals surface area contributed by atoms with Crippen LogP contribution in [0.3, 0.4) is 0 Å². The van der Waals surface area contributed by atoms with Gasteiger partial charge in [0.2, 0.25) is 0 Å². The van der Waals surface area contributed by atoms with E-state index in [0.29, 0.717) is 24.7 Å². The van der Waals surface area contributed by atoms with E-state index >= 15 is 0 Å². The number of ether oxygens (including phenoxy) is 1. The van der Waals surface area contributed by atoms with E-state index in [4.69, 9.17) is 16.3 Å². The number of benzene rings is 1. The van der Waals surface area contributed by atoms with Crippen LogP contribution in [0.25, 0.3) is 0 Å². The zero-order chi connectivity index (χ0) is 24.4. The van der Waals surface area contributed by atoms with Crippen molar-refractivity contribution < 1.29 is 18.7 Å². The quantitative estimate of drug-likeness (QED) is 0.573. The summed E-state index contributed by atoms with van der Waals surface area (Å²) >= 11 is 6.41. The van der Waals surface area contributed by atoms with Crippen molar-refractivity contribution in [1.29, 1.82) is 0 Å². The Morgan fingerprint density at radius 3 is 2.65 bits per heavy atom. The zero-order valence-corrected chi connectivity index (χ0v) is 20.7. The molecular weight excluding hydrogens is 457 g/mol. The SMILES string of the molecule is Cc1ncc(C(=O)Cc2cc(Cl)cc(CN3CCN(C(=O)[C@H]4CCCO4)[C@H](C)C3)c2C)cc1F. The topological polar surface area (TPSA) is 62.7 Å². The summed E-state index contributed by atoms with van der Waals surface area (Å²) in [6.07, 6.45) is 3.00. The Kier molecular flexibility index (Phi) is 7.65. The lowest BCUT2D eigenvalue weighted by atomic mass is 9.96. The Morgan fingerprint density at radius 1 is 1.21 bits per heavy atom. The highest BCUT2D eigenvalue weighted by molar-refractivity contribution is 6.30. The number of rotatable bonds is 6. The maximum Gasteiger partial charge on any atom is 0.252 e. The Labute approximate surface area is 205 Å². The fraction of sp³-hybridized carbons (Fsp3) is 0.500. The highest BCUT2D eigenvalue weighted by Crippen LogP contribution is 2.25. The van der Waals surface area contributed by atoms with Gasteiger partial charge < -0.3 is 9.64 Å². The summed E-state index contributed by atoms with van der Waals surface area (Å²) in [7, 11) is 0. The maximum absolute atomic E-state index is 13.9. The van der Waals surface area contributed by atoms with Crippen molar-refractivity contribution in [3.05, 3.63) is 63.2 Å². The van der Waals surface area contributed by atoms with E-state index < -0.39 is 5.82 Å². The number of Topliss-reactive ketones (excluding diaryl/α,β-unsaturated/α-hetero) is 1. The molecule has 2 aromatic rings. The van der Waals surface area contributed by atoms with Crippen LogP contribution in [0.15, 0.2) is 24.4 Å². The van der Waals surface area contributed by atoms with Gasteiger partial charge >= 0.3 is 0 Å². The Morgan fingerprint density at radius 2 is 1.97 bits per heavy atom. The van der Waals surface area contributed by atoms with Crippen LogP contribution in [0.5, 0.6) is 0 Å². The number of piperazine rings is 1. The molecule has 1 aromatic heterocycles. The predicted molar refractivity (Wildman–Crippen MR) is 129 cm³/mol. The fourth-order valence-electron chi connectivity index (χ4n) is 4.78. The molecule has 34 heavy (non-hydrogen) atoms. The molecule has 6 nitrogen and oxygen atoms in total. The van der Waals surface area contributed by atoms with E-state index in [2.05, 4.69) is 16.8 Å². The largest absolute Gasteiger partial charge is 0.368 e. The van der Waals surface area contributed by atoms with Gasteiger partial charge in [-0.2, -0.15) is 0 Å². The van der Waals surface area contributed by atoms with Gasteiger partial charge in [-0.25, -0.2) is 4.39 Å². The molecule has 4 rings (SSSR count). The fourth-order valence-corrected chi connectivity index (χ4v) is 5.04. The monoisotopic (exact) mass is 487 g/mol. The van der Waals surface area contributed by atoms with Crippen molar-refractivity contribution in [2.24, 2.45) is 0 Å². The summed E-state index contributed by atoms with van der Waals surface area (Å²) in [4.78, 5) is 33.8. The molecule has 8 heteroatoms. The van der Waals surface area contributed by atoms with Gasteiger partial charge in [-0.1, -0.05) is 11.6 Å². The Bertz CT molecular complexity index is 1090. The van der Waals surface area contributed by atoms with Gasteiger partial charge in [-0.05, 0) is 68.5 Å². The molecule has 1 aromatic carbocycles. The number of amides is 1. The van der Waals surface area contributed by atoms with Crippen molar-refractivity contribution in [2.45, 2.75) is 58.7 Å². The normalized spacial score (nSPS) is 21.1. The van der Waals surface area contributed by atoms with Crippen LogP contribution >= 0.6 is 11.6 Å². The summed E-state index contributed by atoms with van der Waals surface area (Å²) in [6, 6.07) is 5.07. The standard InChI is InChI=1S/C26H31ClFN3O3/c1-16-14-30(6-7-31(16)26(33)25-5-4-8-34-25)15-21-10-22(27)9-19(17(21)2)12-24(32)20-11-23(28)18(3)29-13-20/h9-11,13,16,25H,4-8,12,14-15H2,1-3H3/t16-,25-/m1/s1. The molecule has 2 aliphatic heterocycles. The van der Waals surface area contributed by atoms with Crippen LogP contribution in [-0.4, -0.2) is 64.9 Å². The molecule has 2 fully saturated rings. The molecule has 2 saturated heterocycles. The number of nitrogens with zero attached hydrogens (tertiary/aromatic N) is 3. The van der Waals surface area contributed by atoms with E-state index in [1.165, 1.54) is 12.3 Å². The number of ketones is 1. The minimum absolute atomic E-state index is 0.0925. The summed E-state index contributed by atoms with van der Waals surface area (Å²) < 4.78 is 19.5. The van der Waals surface area contributed by atoms with Gasteiger partial charge in [-0.3, -0.25) is 19.5 Å². The van der Waals surface area contributed by atoms with E-state index in [9.17, 15) is 14.0 Å². The molecule has 182 valence electrons. The second-order valence-electron chi connectivity index (χ2n) is 9.36. The Hall–Kier alpha value is -2.35. The summed E-state index contributed by atoms with van der Waals surface area (Å²) in [6.45, 7) is 9.16. The van der Waals surface area contributed by atoms with Gasteiger partial charge in [-0.15, -0.1) is 0 Å². The van der Waals surface area contributed by atoms with E-state index in [1.54, 1.807) is 13.0 Å². The van der Waals surface area contributed by atoms with Crippen molar-refractivity contribution in [3.8, 4) is 0 Å². The average Bonchev–Trinajstić information content (AvgIpc) is 3.33. The first-order chi connectivity index (χ1) is 16.2. The molecule has 0 aliphatic carbocycles. The van der Waals surface area contributed by atoms with Crippen molar-refractivity contribution in [3.63, 3.8) is 0 Å². The van der Waals surface area contributed by atoms with Crippen LogP contribution in [0.4, 0.5) is 4.39 Å². The Balaban J connectivity index is 1.43. The van der Waals surface area contributed by atoms with Crippen LogP contribution in [0.2, 0.25) is 5.02 Å². The van der Waals surface area contributed by atoms with E-state index in [0.717, 1.165) is 42.6 Å². The van der Waals surface area contributed by atoms with Gasteiger partial charge in [0.1, 0.15) is 11.9 Å². The number of hydrogen-bond acceptors (Lipinski definition) is 5. The van der Waals surface area contributed by atoms with Crippen LogP contribution in [0.1, 0.15) is 52.5 Å². The molecule has 1 amide bonds. The van der Waals surface area contributed by atoms with Crippen molar-refractivity contribution in [2.75, 3.05) is 26.2 Å². The number of carbonyl (C=O) groups is 2. The van der Waals surface area contributed by atoms with Crippen LogP contribution in [0, 0.1) is 19.7 Å². The molecule has 2 aliphatic rings. The summed E-state index contributed by atoms with van der Waals surface area (Å²) in [5.74, 6) is -0.579. The minimum Gasteiger partial charge on any atom is -0.368 e. The lowest BCUT2D eigenvalue weighted by Gasteiger charge is -2.41. The van der Waals surface area contributed by atoms with Crippen molar-refractivity contribution in [1.82, 2.24) is 14.8 Å². The third-order valence-electron chi connectivity index (χ3n) is 6.88. The van der Waals surface area contributed by atoms with Crippen LogP contribution in [-0.2, 0) is 22.5 Å². The zero-order valence-electron chi connectivity index (χ0n) is 19.9. The van der Waals surface area contributed by atoms with Crippen molar-refractivity contribution >= 4 is 23.3 Å². The molecule has 2 atom stereocenters. The summed E-state index contributed by atoms with van der Waals surface area (Å²) in [5, 5.41) is 0.567. The van der Waals surface area contributed by atoms with E-state index in [-0.39, 0.29) is 41.5 Å². The number of halogens is 2. The molecule has 0 saturated carbocycles. The second kappa shape index (κ2) is 10.5. The molecule has 0 bridgehead atoms. The first kappa shape index (κ1) is 24.8. The third kappa shape index (κ3) is 5.48. The van der Waals surface area contributed by atoms with Gasteiger partial charge in [0.25, 0.3) is 5.91 Å². The first-order valence-electron chi connectivity index (χ1n) is 11.8. The molecule has 0 radical (unpaired) electrons.